The molecule has 0 unspecified atom stereocenters. The Bertz CT molecular complexity index is 856. The first-order valence-corrected chi connectivity index (χ1v) is 9.95. The van der Waals surface area contributed by atoms with E-state index in [-0.39, 0.29) is 11.7 Å². The summed E-state index contributed by atoms with van der Waals surface area (Å²) >= 11 is 0. The van der Waals surface area contributed by atoms with Gasteiger partial charge in [-0.05, 0) is 36.2 Å². The highest BCUT2D eigenvalue weighted by molar-refractivity contribution is 7.90. The van der Waals surface area contributed by atoms with E-state index in [0.717, 1.165) is 26.3 Å². The van der Waals surface area contributed by atoms with Crippen LogP contribution in [0.4, 0.5) is 10.1 Å². The van der Waals surface area contributed by atoms with Crippen LogP contribution in [0.3, 0.4) is 0 Å². The summed E-state index contributed by atoms with van der Waals surface area (Å²) in [5, 5.41) is 2.87. The van der Waals surface area contributed by atoms with Crippen molar-refractivity contribution in [1.82, 2.24) is 9.62 Å². The number of hydrogen-bond acceptors (Lipinski definition) is 3. The molecule has 2 aromatic rings. The smallest absolute Gasteiger partial charge is 0.304 e. The predicted molar refractivity (Wildman–Crippen MR) is 104 cm³/mol. The molecule has 0 spiro atoms. The lowest BCUT2D eigenvalue weighted by Crippen LogP contribution is -2.46. The summed E-state index contributed by atoms with van der Waals surface area (Å²) in [4.78, 5) is 12.6. The third-order valence-corrected chi connectivity index (χ3v) is 5.91. The minimum Gasteiger partial charge on any atom is -0.348 e. The van der Waals surface area contributed by atoms with Crippen molar-refractivity contribution in [3.63, 3.8) is 0 Å². The molecule has 1 N–H and O–H groups in total. The van der Waals surface area contributed by atoms with E-state index in [1.807, 2.05) is 37.3 Å². The minimum absolute atomic E-state index is 0.216. The molecular weight excluding hydrogens is 369 g/mol. The van der Waals surface area contributed by atoms with Gasteiger partial charge in [0.1, 0.15) is 12.4 Å². The first kappa shape index (κ1) is 20.9. The molecule has 0 aliphatic carbocycles. The zero-order chi connectivity index (χ0) is 20.0. The first-order valence-electron chi connectivity index (χ1n) is 8.55. The molecule has 0 saturated heterocycles. The number of halogens is 1. The van der Waals surface area contributed by atoms with Gasteiger partial charge in [-0.25, -0.2) is 8.70 Å². The Kier molecular flexibility index (Phi) is 6.92. The largest absolute Gasteiger partial charge is 0.348 e. The van der Waals surface area contributed by atoms with Gasteiger partial charge in [-0.2, -0.15) is 12.7 Å². The van der Waals surface area contributed by atoms with Crippen molar-refractivity contribution in [1.29, 1.82) is 0 Å². The van der Waals surface area contributed by atoms with Crippen LogP contribution in [-0.2, 0) is 15.0 Å². The minimum atomic E-state index is -3.92. The fourth-order valence-corrected chi connectivity index (χ4v) is 3.65. The van der Waals surface area contributed by atoms with Crippen LogP contribution in [-0.4, -0.2) is 39.3 Å². The van der Waals surface area contributed by atoms with Gasteiger partial charge in [0.25, 0.3) is 0 Å². The van der Waals surface area contributed by atoms with Crippen LogP contribution in [0.15, 0.2) is 54.6 Å². The molecule has 6 nitrogen and oxygen atoms in total. The van der Waals surface area contributed by atoms with Gasteiger partial charge in [0.2, 0.25) is 5.91 Å². The summed E-state index contributed by atoms with van der Waals surface area (Å²) in [6, 6.07) is 14.2. The third-order valence-electron chi connectivity index (χ3n) is 4.09. The average Bonchev–Trinajstić information content (AvgIpc) is 2.65. The summed E-state index contributed by atoms with van der Waals surface area (Å²) in [5.74, 6) is -0.930. The number of rotatable bonds is 8. The lowest BCUT2D eigenvalue weighted by atomic mass is 10.0. The summed E-state index contributed by atoms with van der Waals surface area (Å²) in [5.41, 5.74) is 1.16. The molecule has 0 saturated carbocycles. The lowest BCUT2D eigenvalue weighted by Gasteiger charge is -2.28. The molecule has 146 valence electrons. The van der Waals surface area contributed by atoms with Crippen LogP contribution in [0.1, 0.15) is 24.9 Å². The predicted octanol–water partition coefficient (Wildman–Crippen LogP) is 2.71. The van der Waals surface area contributed by atoms with E-state index in [9.17, 15) is 17.6 Å². The van der Waals surface area contributed by atoms with E-state index in [1.54, 1.807) is 0 Å². The molecule has 0 fully saturated rings. The molecule has 8 heteroatoms. The summed E-state index contributed by atoms with van der Waals surface area (Å²) in [6.07, 6.45) is 0.659. The standard InChI is InChI=1S/C19H24FN3O3S/c1-4-18(15-8-6-5-7-9-15)21-19(24)14-23(27(25,26)22(2)3)17-12-10-16(20)11-13-17/h5-13,18H,4,14H2,1-3H3,(H,21,24)/t18-/m0/s1. The molecule has 0 aliphatic heterocycles. The van der Waals surface area contributed by atoms with Crippen molar-refractivity contribution < 1.29 is 17.6 Å². The average molecular weight is 393 g/mol. The highest BCUT2D eigenvalue weighted by atomic mass is 32.2. The molecule has 0 radical (unpaired) electrons. The van der Waals surface area contributed by atoms with Gasteiger partial charge in [0.15, 0.2) is 0 Å². The quantitative estimate of drug-likeness (QED) is 0.750. The zero-order valence-corrected chi connectivity index (χ0v) is 16.4. The first-order chi connectivity index (χ1) is 12.8. The van der Waals surface area contributed by atoms with E-state index < -0.39 is 28.5 Å². The molecule has 0 aromatic heterocycles. The SMILES string of the molecule is CC[C@H](NC(=O)CN(c1ccc(F)cc1)S(=O)(=O)N(C)C)c1ccccc1. The van der Waals surface area contributed by atoms with Crippen molar-refractivity contribution in [2.75, 3.05) is 24.9 Å². The Labute approximate surface area is 159 Å². The fourth-order valence-electron chi connectivity index (χ4n) is 2.59. The molecule has 0 bridgehead atoms. The fraction of sp³-hybridized carbons (Fsp3) is 0.316. The van der Waals surface area contributed by atoms with Crippen LogP contribution >= 0.6 is 0 Å². The monoisotopic (exact) mass is 393 g/mol. The number of anilines is 1. The number of benzene rings is 2. The molecule has 2 aromatic carbocycles. The molecule has 1 atom stereocenters. The van der Waals surface area contributed by atoms with E-state index in [0.29, 0.717) is 6.42 Å². The summed E-state index contributed by atoms with van der Waals surface area (Å²) in [6.45, 7) is 1.53. The molecular formula is C19H24FN3O3S. The second kappa shape index (κ2) is 8.96. The van der Waals surface area contributed by atoms with Crippen molar-refractivity contribution in [3.8, 4) is 0 Å². The maximum Gasteiger partial charge on any atom is 0.304 e. The molecule has 0 heterocycles. The van der Waals surface area contributed by atoms with Crippen LogP contribution in [0.25, 0.3) is 0 Å². The van der Waals surface area contributed by atoms with Gasteiger partial charge in [-0.15, -0.1) is 0 Å². The van der Waals surface area contributed by atoms with Gasteiger partial charge in [0.05, 0.1) is 11.7 Å². The van der Waals surface area contributed by atoms with Crippen molar-refractivity contribution in [2.45, 2.75) is 19.4 Å². The molecule has 1 amide bonds. The van der Waals surface area contributed by atoms with Gasteiger partial charge >= 0.3 is 10.2 Å². The van der Waals surface area contributed by atoms with Crippen molar-refractivity contribution in [3.05, 3.63) is 66.0 Å². The maximum absolute atomic E-state index is 13.2. The Morgan fingerprint density at radius 3 is 2.19 bits per heavy atom. The third kappa shape index (κ3) is 5.27. The van der Waals surface area contributed by atoms with E-state index in [2.05, 4.69) is 5.32 Å². The number of carbonyl (C=O) groups is 1. The Morgan fingerprint density at radius 1 is 1.07 bits per heavy atom. The van der Waals surface area contributed by atoms with Crippen molar-refractivity contribution >= 4 is 21.8 Å². The number of amides is 1. The van der Waals surface area contributed by atoms with Crippen molar-refractivity contribution in [2.24, 2.45) is 0 Å². The van der Waals surface area contributed by atoms with E-state index in [1.165, 1.54) is 26.2 Å². The highest BCUT2D eigenvalue weighted by Crippen LogP contribution is 2.21. The Morgan fingerprint density at radius 2 is 1.67 bits per heavy atom. The summed E-state index contributed by atoms with van der Waals surface area (Å²) < 4.78 is 40.5. The number of hydrogen-bond donors (Lipinski definition) is 1. The van der Waals surface area contributed by atoms with Crippen LogP contribution in [0, 0.1) is 5.82 Å². The topological polar surface area (TPSA) is 69.7 Å². The Hall–Kier alpha value is -2.45. The highest BCUT2D eigenvalue weighted by Gasteiger charge is 2.28. The van der Waals surface area contributed by atoms with E-state index in [4.69, 9.17) is 0 Å². The molecule has 0 aliphatic rings. The second-order valence-electron chi connectivity index (χ2n) is 6.21. The van der Waals surface area contributed by atoms with Gasteiger partial charge in [0, 0.05) is 14.1 Å². The van der Waals surface area contributed by atoms with Gasteiger partial charge in [-0.1, -0.05) is 37.3 Å². The maximum atomic E-state index is 13.2. The lowest BCUT2D eigenvalue weighted by molar-refractivity contribution is -0.120. The van der Waals surface area contributed by atoms with Gasteiger partial charge < -0.3 is 5.32 Å². The molecule has 27 heavy (non-hydrogen) atoms. The number of carbonyl (C=O) groups excluding carboxylic acids is 1. The Balaban J connectivity index is 2.24. The van der Waals surface area contributed by atoms with Crippen LogP contribution in [0.5, 0.6) is 0 Å². The van der Waals surface area contributed by atoms with E-state index >= 15 is 0 Å². The molecule has 2 rings (SSSR count). The summed E-state index contributed by atoms with van der Waals surface area (Å²) in [7, 11) is -1.17. The van der Waals surface area contributed by atoms with Gasteiger partial charge in [-0.3, -0.25) is 4.79 Å². The van der Waals surface area contributed by atoms with Crippen LogP contribution < -0.4 is 9.62 Å². The number of nitrogens with one attached hydrogen (secondary N) is 1. The second-order valence-corrected chi connectivity index (χ2v) is 8.28. The zero-order valence-electron chi connectivity index (χ0n) is 15.6. The van der Waals surface area contributed by atoms with Crippen LogP contribution in [0.2, 0.25) is 0 Å². The normalized spacial score (nSPS) is 12.6. The number of nitrogens with zero attached hydrogens (tertiary/aromatic N) is 2.